The van der Waals surface area contributed by atoms with Crippen LogP contribution >= 0.6 is 0 Å². The highest BCUT2D eigenvalue weighted by molar-refractivity contribution is 4.74. The van der Waals surface area contributed by atoms with Crippen LogP contribution < -0.4 is 0 Å². The maximum Gasteiger partial charge on any atom is 0.0623 e. The zero-order valence-electron chi connectivity index (χ0n) is 12.8. The van der Waals surface area contributed by atoms with E-state index in [-0.39, 0.29) is 5.41 Å². The number of hydrogen-bond donors (Lipinski definition) is 0. The molecule has 0 spiro atoms. The Kier molecular flexibility index (Phi) is 9.91. The highest BCUT2D eigenvalue weighted by Gasteiger charge is 2.24. The second-order valence-electron chi connectivity index (χ2n) is 6.22. The van der Waals surface area contributed by atoms with Crippen molar-refractivity contribution in [1.82, 2.24) is 0 Å². The van der Waals surface area contributed by atoms with Crippen molar-refractivity contribution in [3.8, 4) is 0 Å². The fraction of sp³-hybridized carbons (Fsp3) is 1.00. The van der Waals surface area contributed by atoms with Crippen molar-refractivity contribution in [1.29, 1.82) is 0 Å². The van der Waals surface area contributed by atoms with E-state index in [2.05, 4.69) is 34.6 Å². The summed E-state index contributed by atoms with van der Waals surface area (Å²) in [7, 11) is 0. The van der Waals surface area contributed by atoms with Crippen LogP contribution in [-0.4, -0.2) is 12.7 Å². The molecule has 0 amide bonds. The van der Waals surface area contributed by atoms with Crippen LogP contribution in [0.3, 0.4) is 0 Å². The molecule has 1 unspecified atom stereocenters. The molecule has 0 bridgehead atoms. The lowest BCUT2D eigenvalue weighted by Crippen LogP contribution is -2.29. The first kappa shape index (κ1) is 17.0. The van der Waals surface area contributed by atoms with Gasteiger partial charge in [-0.2, -0.15) is 0 Å². The molecule has 0 radical (unpaired) electrons. The van der Waals surface area contributed by atoms with Gasteiger partial charge in [0.25, 0.3) is 0 Å². The molecule has 0 aromatic carbocycles. The third-order valence-electron chi connectivity index (χ3n) is 3.40. The Labute approximate surface area is 109 Å². The van der Waals surface area contributed by atoms with Gasteiger partial charge in [-0.3, -0.25) is 0 Å². The van der Waals surface area contributed by atoms with Crippen molar-refractivity contribution in [3.63, 3.8) is 0 Å². The summed E-state index contributed by atoms with van der Waals surface area (Å²) in [5, 5.41) is 0. The molecule has 0 rings (SSSR count). The van der Waals surface area contributed by atoms with Crippen LogP contribution in [0.5, 0.6) is 0 Å². The molecule has 1 atom stereocenters. The van der Waals surface area contributed by atoms with Crippen molar-refractivity contribution < 1.29 is 4.74 Å². The maximum absolute atomic E-state index is 5.85. The average molecular weight is 242 g/mol. The molecule has 0 aliphatic heterocycles. The Morgan fingerprint density at radius 3 is 1.82 bits per heavy atom. The summed E-state index contributed by atoms with van der Waals surface area (Å²) >= 11 is 0. The van der Waals surface area contributed by atoms with Crippen LogP contribution in [-0.2, 0) is 4.74 Å². The molecule has 0 aliphatic rings. The van der Waals surface area contributed by atoms with E-state index in [0.717, 1.165) is 6.61 Å². The van der Waals surface area contributed by atoms with E-state index in [9.17, 15) is 0 Å². The van der Waals surface area contributed by atoms with E-state index < -0.39 is 0 Å². The smallest absolute Gasteiger partial charge is 0.0623 e. The number of rotatable bonds is 10. The average Bonchev–Trinajstić information content (AvgIpc) is 2.25. The molecule has 0 aromatic heterocycles. The fourth-order valence-electron chi connectivity index (χ4n) is 2.25. The van der Waals surface area contributed by atoms with Gasteiger partial charge < -0.3 is 4.74 Å². The molecule has 0 aromatic rings. The predicted octanol–water partition coefficient (Wildman–Crippen LogP) is 5.58. The number of ether oxygens (including phenoxy) is 1. The van der Waals surface area contributed by atoms with Gasteiger partial charge in [0.05, 0.1) is 6.10 Å². The second-order valence-corrected chi connectivity index (χ2v) is 6.22. The molecular weight excluding hydrogens is 208 g/mol. The lowest BCUT2D eigenvalue weighted by atomic mass is 9.85. The third kappa shape index (κ3) is 9.64. The number of unbranched alkanes of at least 4 members (excludes halogenated alkanes) is 6. The largest absolute Gasteiger partial charge is 0.378 e. The van der Waals surface area contributed by atoms with Gasteiger partial charge in [0.2, 0.25) is 0 Å². The summed E-state index contributed by atoms with van der Waals surface area (Å²) in [6.07, 6.45) is 11.4. The topological polar surface area (TPSA) is 9.23 Å². The van der Waals surface area contributed by atoms with Crippen molar-refractivity contribution in [3.05, 3.63) is 0 Å². The Hall–Kier alpha value is -0.0400. The van der Waals surface area contributed by atoms with E-state index in [1.165, 1.54) is 51.4 Å². The van der Waals surface area contributed by atoms with Gasteiger partial charge in [0.15, 0.2) is 0 Å². The van der Waals surface area contributed by atoms with E-state index in [0.29, 0.717) is 6.10 Å². The molecule has 104 valence electrons. The van der Waals surface area contributed by atoms with Crippen LogP contribution in [0, 0.1) is 5.41 Å². The third-order valence-corrected chi connectivity index (χ3v) is 3.40. The van der Waals surface area contributed by atoms with Crippen molar-refractivity contribution in [2.24, 2.45) is 5.41 Å². The van der Waals surface area contributed by atoms with Crippen LogP contribution in [0.25, 0.3) is 0 Å². The maximum atomic E-state index is 5.85. The van der Waals surface area contributed by atoms with Gasteiger partial charge in [0.1, 0.15) is 0 Å². The van der Waals surface area contributed by atoms with E-state index in [1.807, 2.05) is 0 Å². The molecule has 0 saturated heterocycles. The molecule has 0 aliphatic carbocycles. The van der Waals surface area contributed by atoms with E-state index >= 15 is 0 Å². The van der Waals surface area contributed by atoms with Gasteiger partial charge >= 0.3 is 0 Å². The Morgan fingerprint density at radius 2 is 1.35 bits per heavy atom. The second kappa shape index (κ2) is 9.94. The van der Waals surface area contributed by atoms with Crippen LogP contribution in [0.2, 0.25) is 0 Å². The quantitative estimate of drug-likeness (QED) is 0.454. The predicted molar refractivity (Wildman–Crippen MR) is 77.5 cm³/mol. The first-order valence-electron chi connectivity index (χ1n) is 7.64. The van der Waals surface area contributed by atoms with Gasteiger partial charge in [-0.15, -0.1) is 0 Å². The molecule has 0 heterocycles. The van der Waals surface area contributed by atoms with Gasteiger partial charge in [-0.25, -0.2) is 0 Å². The van der Waals surface area contributed by atoms with Crippen LogP contribution in [0.1, 0.15) is 86.0 Å². The Balaban J connectivity index is 3.55. The Morgan fingerprint density at radius 1 is 0.824 bits per heavy atom. The summed E-state index contributed by atoms with van der Waals surface area (Å²) in [6.45, 7) is 12.1. The summed E-state index contributed by atoms with van der Waals surface area (Å²) < 4.78 is 5.85. The SMILES string of the molecule is CCCCCCCCCC(OCC)C(C)(C)C. The highest BCUT2D eigenvalue weighted by Crippen LogP contribution is 2.26. The summed E-state index contributed by atoms with van der Waals surface area (Å²) in [6, 6.07) is 0. The van der Waals surface area contributed by atoms with Crippen molar-refractivity contribution in [2.75, 3.05) is 6.61 Å². The standard InChI is InChI=1S/C16H34O/c1-6-8-9-10-11-12-13-14-15(17-7-2)16(3,4)5/h15H,6-14H2,1-5H3. The zero-order valence-corrected chi connectivity index (χ0v) is 12.8. The summed E-state index contributed by atoms with van der Waals surface area (Å²) in [5.41, 5.74) is 0.290. The molecule has 0 saturated carbocycles. The summed E-state index contributed by atoms with van der Waals surface area (Å²) in [5.74, 6) is 0. The first-order valence-corrected chi connectivity index (χ1v) is 7.64. The fourth-order valence-corrected chi connectivity index (χ4v) is 2.25. The molecule has 0 N–H and O–H groups in total. The minimum Gasteiger partial charge on any atom is -0.378 e. The van der Waals surface area contributed by atoms with E-state index in [1.54, 1.807) is 0 Å². The molecule has 0 fully saturated rings. The lowest BCUT2D eigenvalue weighted by Gasteiger charge is -2.30. The van der Waals surface area contributed by atoms with Gasteiger partial charge in [-0.05, 0) is 18.8 Å². The van der Waals surface area contributed by atoms with Crippen molar-refractivity contribution in [2.45, 2.75) is 92.1 Å². The zero-order chi connectivity index (χ0) is 13.1. The molecule has 1 nitrogen and oxygen atoms in total. The van der Waals surface area contributed by atoms with Crippen LogP contribution in [0.15, 0.2) is 0 Å². The minimum absolute atomic E-state index is 0.290. The minimum atomic E-state index is 0.290. The van der Waals surface area contributed by atoms with E-state index in [4.69, 9.17) is 4.74 Å². The molecule has 1 heteroatoms. The van der Waals surface area contributed by atoms with Crippen LogP contribution in [0.4, 0.5) is 0 Å². The first-order chi connectivity index (χ1) is 8.02. The lowest BCUT2D eigenvalue weighted by molar-refractivity contribution is -0.0178. The van der Waals surface area contributed by atoms with Gasteiger partial charge in [0, 0.05) is 6.61 Å². The highest BCUT2D eigenvalue weighted by atomic mass is 16.5. The number of hydrogen-bond acceptors (Lipinski definition) is 1. The van der Waals surface area contributed by atoms with Gasteiger partial charge in [-0.1, -0.05) is 72.6 Å². The van der Waals surface area contributed by atoms with Crippen molar-refractivity contribution >= 4 is 0 Å². The monoisotopic (exact) mass is 242 g/mol. The summed E-state index contributed by atoms with van der Waals surface area (Å²) in [4.78, 5) is 0. The Bertz CT molecular complexity index is 157. The normalized spacial score (nSPS) is 13.9. The molecule has 17 heavy (non-hydrogen) atoms. The molecular formula is C16H34O.